The molecule has 1 aromatic carbocycles. The van der Waals surface area contributed by atoms with Crippen LogP contribution in [-0.4, -0.2) is 18.4 Å². The van der Waals surface area contributed by atoms with Gasteiger partial charge in [-0.25, -0.2) is 4.79 Å². The normalized spacial score (nSPS) is 19.6. The molecule has 0 aliphatic heterocycles. The SMILES string of the molecule is CC(Cc1ccccc1)(O[C]=O)OC1CCCCC1. The van der Waals surface area contributed by atoms with Gasteiger partial charge in [-0.3, -0.25) is 0 Å². The molecule has 1 radical (unpaired) electrons. The molecule has 3 heteroatoms. The molecule has 0 heterocycles. The molecule has 0 bridgehead atoms. The fourth-order valence-corrected chi connectivity index (χ4v) is 2.69. The van der Waals surface area contributed by atoms with Crippen molar-refractivity contribution < 1.29 is 14.3 Å². The highest BCUT2D eigenvalue weighted by Crippen LogP contribution is 2.27. The molecule has 1 saturated carbocycles. The molecule has 103 valence electrons. The molecule has 0 spiro atoms. The number of benzene rings is 1. The highest BCUT2D eigenvalue weighted by molar-refractivity contribution is 5.39. The van der Waals surface area contributed by atoms with Crippen LogP contribution in [0.5, 0.6) is 0 Å². The van der Waals surface area contributed by atoms with Crippen molar-refractivity contribution in [2.24, 2.45) is 0 Å². The molecule has 19 heavy (non-hydrogen) atoms. The van der Waals surface area contributed by atoms with Crippen molar-refractivity contribution in [1.29, 1.82) is 0 Å². The molecule has 0 saturated heterocycles. The highest BCUT2D eigenvalue weighted by Gasteiger charge is 2.32. The zero-order chi connectivity index (χ0) is 13.6. The largest absolute Gasteiger partial charge is 0.425 e. The lowest BCUT2D eigenvalue weighted by molar-refractivity contribution is -0.212. The van der Waals surface area contributed by atoms with Gasteiger partial charge < -0.3 is 9.47 Å². The summed E-state index contributed by atoms with van der Waals surface area (Å²) in [6, 6.07) is 9.94. The van der Waals surface area contributed by atoms with Crippen LogP contribution in [-0.2, 0) is 20.7 Å². The highest BCUT2D eigenvalue weighted by atomic mass is 16.7. The fraction of sp³-hybridized carbons (Fsp3) is 0.562. The first-order valence-electron chi connectivity index (χ1n) is 6.99. The zero-order valence-corrected chi connectivity index (χ0v) is 11.4. The Morgan fingerprint density at radius 3 is 2.53 bits per heavy atom. The van der Waals surface area contributed by atoms with Gasteiger partial charge in [0.25, 0.3) is 0 Å². The van der Waals surface area contributed by atoms with Crippen molar-refractivity contribution in [3.8, 4) is 0 Å². The lowest BCUT2D eigenvalue weighted by atomic mass is 9.97. The van der Waals surface area contributed by atoms with Crippen LogP contribution >= 0.6 is 0 Å². The quantitative estimate of drug-likeness (QED) is 0.736. The monoisotopic (exact) mass is 261 g/mol. The summed E-state index contributed by atoms with van der Waals surface area (Å²) in [5.74, 6) is -0.912. The molecule has 1 aromatic rings. The summed E-state index contributed by atoms with van der Waals surface area (Å²) >= 11 is 0. The van der Waals surface area contributed by atoms with Gasteiger partial charge in [0.1, 0.15) is 0 Å². The van der Waals surface area contributed by atoms with E-state index in [2.05, 4.69) is 0 Å². The van der Waals surface area contributed by atoms with Gasteiger partial charge in [0, 0.05) is 13.3 Å². The Morgan fingerprint density at radius 2 is 1.89 bits per heavy atom. The van der Waals surface area contributed by atoms with Gasteiger partial charge in [0.05, 0.1) is 6.10 Å². The topological polar surface area (TPSA) is 35.5 Å². The van der Waals surface area contributed by atoms with E-state index in [4.69, 9.17) is 9.47 Å². The van der Waals surface area contributed by atoms with E-state index in [0.29, 0.717) is 6.42 Å². The molecule has 2 rings (SSSR count). The van der Waals surface area contributed by atoms with E-state index in [0.717, 1.165) is 18.4 Å². The minimum absolute atomic E-state index is 0.191. The van der Waals surface area contributed by atoms with Gasteiger partial charge in [0.15, 0.2) is 0 Å². The van der Waals surface area contributed by atoms with Crippen LogP contribution in [0.2, 0.25) is 0 Å². The van der Waals surface area contributed by atoms with Crippen molar-refractivity contribution in [2.45, 2.75) is 57.3 Å². The molecular weight excluding hydrogens is 240 g/mol. The van der Waals surface area contributed by atoms with Gasteiger partial charge in [-0.2, -0.15) is 0 Å². The van der Waals surface area contributed by atoms with Crippen LogP contribution < -0.4 is 0 Å². The van der Waals surface area contributed by atoms with Gasteiger partial charge in [0.2, 0.25) is 5.79 Å². The zero-order valence-electron chi connectivity index (χ0n) is 11.4. The second kappa shape index (κ2) is 6.71. The maximum Gasteiger partial charge on any atom is 0.420 e. The molecular formula is C16H21O3. The third-order valence-corrected chi connectivity index (χ3v) is 3.59. The number of hydrogen-bond acceptors (Lipinski definition) is 3. The lowest BCUT2D eigenvalue weighted by Crippen LogP contribution is -2.39. The maximum absolute atomic E-state index is 10.6. The van der Waals surface area contributed by atoms with Crippen LogP contribution in [0.25, 0.3) is 0 Å². The molecule has 0 N–H and O–H groups in total. The second-order valence-electron chi connectivity index (χ2n) is 5.36. The summed E-state index contributed by atoms with van der Waals surface area (Å²) in [5.41, 5.74) is 1.09. The lowest BCUT2D eigenvalue weighted by Gasteiger charge is -2.33. The minimum atomic E-state index is -0.912. The maximum atomic E-state index is 10.6. The molecule has 0 aromatic heterocycles. The molecule has 1 unspecified atom stereocenters. The second-order valence-corrected chi connectivity index (χ2v) is 5.36. The molecule has 1 atom stereocenters. The molecule has 1 fully saturated rings. The third kappa shape index (κ3) is 4.35. The summed E-state index contributed by atoms with van der Waals surface area (Å²) < 4.78 is 11.1. The standard InChI is InChI=1S/C16H21O3/c1-16(18-13-17,12-14-8-4-2-5-9-14)19-15-10-6-3-7-11-15/h2,4-5,8-9,15H,3,6-7,10-12H2,1H3. The summed E-state index contributed by atoms with van der Waals surface area (Å²) in [7, 11) is 0. The van der Waals surface area contributed by atoms with E-state index >= 15 is 0 Å². The number of rotatable bonds is 6. The molecule has 1 aliphatic rings. The van der Waals surface area contributed by atoms with Crippen molar-refractivity contribution in [3.63, 3.8) is 0 Å². The Kier molecular flexibility index (Phi) is 4.97. The van der Waals surface area contributed by atoms with Crippen LogP contribution in [0.3, 0.4) is 0 Å². The van der Waals surface area contributed by atoms with Crippen LogP contribution in [0, 0.1) is 0 Å². The van der Waals surface area contributed by atoms with Crippen molar-refractivity contribution in [3.05, 3.63) is 35.9 Å². The van der Waals surface area contributed by atoms with Crippen molar-refractivity contribution in [2.75, 3.05) is 0 Å². The Balaban J connectivity index is 2.01. The Labute approximate surface area is 114 Å². The van der Waals surface area contributed by atoms with E-state index < -0.39 is 5.79 Å². The van der Waals surface area contributed by atoms with E-state index in [-0.39, 0.29) is 6.10 Å². The predicted molar refractivity (Wildman–Crippen MR) is 73.3 cm³/mol. The van der Waals surface area contributed by atoms with Gasteiger partial charge >= 0.3 is 6.47 Å². The summed E-state index contributed by atoms with van der Waals surface area (Å²) in [6.45, 7) is 3.36. The Hall–Kier alpha value is -1.35. The number of ether oxygens (including phenoxy) is 2. The van der Waals surface area contributed by atoms with E-state index in [1.165, 1.54) is 19.3 Å². The Bertz CT molecular complexity index is 384. The van der Waals surface area contributed by atoms with Crippen molar-refractivity contribution in [1.82, 2.24) is 0 Å². The van der Waals surface area contributed by atoms with Crippen molar-refractivity contribution >= 4 is 6.47 Å². The van der Waals surface area contributed by atoms with Crippen LogP contribution in [0.4, 0.5) is 0 Å². The molecule has 3 nitrogen and oxygen atoms in total. The Morgan fingerprint density at radius 1 is 1.21 bits per heavy atom. The third-order valence-electron chi connectivity index (χ3n) is 3.59. The molecule has 1 aliphatic carbocycles. The summed E-state index contributed by atoms with van der Waals surface area (Å²) in [4.78, 5) is 10.6. The average Bonchev–Trinajstić information content (AvgIpc) is 2.41. The number of carbonyl (C=O) groups excluding carboxylic acids is 1. The molecule has 0 amide bonds. The van der Waals surface area contributed by atoms with E-state index in [1.807, 2.05) is 37.3 Å². The van der Waals surface area contributed by atoms with Crippen LogP contribution in [0.15, 0.2) is 30.3 Å². The van der Waals surface area contributed by atoms with Gasteiger partial charge in [-0.1, -0.05) is 49.6 Å². The summed E-state index contributed by atoms with van der Waals surface area (Å²) in [5, 5.41) is 0. The first kappa shape index (κ1) is 14.1. The fourth-order valence-electron chi connectivity index (χ4n) is 2.69. The van der Waals surface area contributed by atoms with Gasteiger partial charge in [-0.05, 0) is 18.4 Å². The number of hydrogen-bond donors (Lipinski definition) is 0. The smallest absolute Gasteiger partial charge is 0.420 e. The first-order valence-corrected chi connectivity index (χ1v) is 6.99. The summed E-state index contributed by atoms with van der Waals surface area (Å²) in [6.07, 6.45) is 6.50. The van der Waals surface area contributed by atoms with E-state index in [9.17, 15) is 4.79 Å². The predicted octanol–water partition coefficient (Wildman–Crippen LogP) is 3.38. The van der Waals surface area contributed by atoms with E-state index in [1.54, 1.807) is 6.47 Å². The minimum Gasteiger partial charge on any atom is -0.425 e. The van der Waals surface area contributed by atoms with Gasteiger partial charge in [-0.15, -0.1) is 0 Å². The van der Waals surface area contributed by atoms with Crippen LogP contribution in [0.1, 0.15) is 44.6 Å². The first-order chi connectivity index (χ1) is 9.22. The average molecular weight is 261 g/mol.